The van der Waals surface area contributed by atoms with E-state index in [0.29, 0.717) is 0 Å². The average molecular weight is 255 g/mol. The molecule has 0 atom stereocenters. The maximum absolute atomic E-state index is 11.7. The minimum absolute atomic E-state index is 0.0218. The summed E-state index contributed by atoms with van der Waals surface area (Å²) in [5, 5.41) is 0. The molecule has 1 aromatic rings. The van der Waals surface area contributed by atoms with Crippen LogP contribution in [0, 0.1) is 0 Å². The van der Waals surface area contributed by atoms with Crippen molar-refractivity contribution in [1.82, 2.24) is 4.72 Å². The van der Waals surface area contributed by atoms with E-state index in [2.05, 4.69) is 11.3 Å². The lowest BCUT2D eigenvalue weighted by Gasteiger charge is -2.07. The van der Waals surface area contributed by atoms with Gasteiger partial charge in [0.2, 0.25) is 10.0 Å². The molecule has 1 rings (SSSR count). The highest BCUT2D eigenvalue weighted by Gasteiger charge is 2.16. The van der Waals surface area contributed by atoms with Crippen molar-refractivity contribution >= 4 is 21.6 Å². The van der Waals surface area contributed by atoms with Crippen molar-refractivity contribution in [2.24, 2.45) is 5.73 Å². The van der Waals surface area contributed by atoms with Gasteiger partial charge in [-0.1, -0.05) is 6.08 Å². The zero-order valence-corrected chi connectivity index (χ0v) is 9.83. The van der Waals surface area contributed by atoms with Crippen LogP contribution in [-0.2, 0) is 10.0 Å². The van der Waals surface area contributed by atoms with E-state index in [1.54, 1.807) is 0 Å². The summed E-state index contributed by atoms with van der Waals surface area (Å²) >= 11 is 0. The van der Waals surface area contributed by atoms with Crippen LogP contribution in [0.3, 0.4) is 0 Å². The van der Waals surface area contributed by atoms with Crippen LogP contribution in [0.15, 0.2) is 35.7 Å². The number of hydrogen-bond donors (Lipinski definition) is 3. The molecular formula is C10H13N3O3S. The molecule has 0 aliphatic heterocycles. The van der Waals surface area contributed by atoms with Crippen LogP contribution in [0.25, 0.3) is 0 Å². The van der Waals surface area contributed by atoms with Crippen LogP contribution >= 0.6 is 0 Å². The van der Waals surface area contributed by atoms with Gasteiger partial charge in [-0.3, -0.25) is 4.79 Å². The van der Waals surface area contributed by atoms with Gasteiger partial charge in [0, 0.05) is 12.2 Å². The Hall–Kier alpha value is -1.86. The number of anilines is 1. The van der Waals surface area contributed by atoms with Gasteiger partial charge in [0.15, 0.2) is 0 Å². The molecule has 0 aromatic heterocycles. The number of primary amides is 1. The number of rotatable bonds is 5. The van der Waals surface area contributed by atoms with E-state index < -0.39 is 15.9 Å². The number of benzene rings is 1. The first-order valence-electron chi connectivity index (χ1n) is 4.68. The molecule has 1 aromatic carbocycles. The van der Waals surface area contributed by atoms with E-state index in [1.807, 2.05) is 0 Å². The lowest BCUT2D eigenvalue weighted by Crippen LogP contribution is -2.24. The zero-order chi connectivity index (χ0) is 13.1. The normalized spacial score (nSPS) is 11.1. The Bertz CT molecular complexity index is 552. The predicted octanol–water partition coefficient (Wildman–Crippen LogP) is -0.168. The van der Waals surface area contributed by atoms with Crippen LogP contribution < -0.4 is 16.2 Å². The Kier molecular flexibility index (Phi) is 3.87. The van der Waals surface area contributed by atoms with E-state index in [0.717, 1.165) is 6.07 Å². The minimum Gasteiger partial charge on any atom is -0.398 e. The SMILES string of the molecule is C=CCNS(=O)(=O)c1ccc(N)c(C(N)=O)c1. The van der Waals surface area contributed by atoms with Crippen molar-refractivity contribution in [1.29, 1.82) is 0 Å². The Labute approximate surface area is 99.4 Å². The first kappa shape index (κ1) is 13.2. The average Bonchev–Trinajstić information content (AvgIpc) is 2.26. The summed E-state index contributed by atoms with van der Waals surface area (Å²) in [7, 11) is -3.68. The topological polar surface area (TPSA) is 115 Å². The summed E-state index contributed by atoms with van der Waals surface area (Å²) < 4.78 is 25.7. The molecule has 0 heterocycles. The highest BCUT2D eigenvalue weighted by molar-refractivity contribution is 7.89. The number of amides is 1. The van der Waals surface area contributed by atoms with Gasteiger partial charge in [0.25, 0.3) is 5.91 Å². The minimum atomic E-state index is -3.68. The lowest BCUT2D eigenvalue weighted by molar-refractivity contribution is 0.100. The molecule has 0 spiro atoms. The molecule has 0 unspecified atom stereocenters. The maximum atomic E-state index is 11.7. The van der Waals surface area contributed by atoms with E-state index >= 15 is 0 Å². The molecule has 0 aliphatic rings. The van der Waals surface area contributed by atoms with Gasteiger partial charge in [-0.25, -0.2) is 13.1 Å². The van der Waals surface area contributed by atoms with Crippen LogP contribution in [0.5, 0.6) is 0 Å². The summed E-state index contributed by atoms with van der Waals surface area (Å²) in [6.07, 6.45) is 1.41. The predicted molar refractivity (Wildman–Crippen MR) is 64.8 cm³/mol. The van der Waals surface area contributed by atoms with Gasteiger partial charge in [0.05, 0.1) is 10.5 Å². The van der Waals surface area contributed by atoms with Gasteiger partial charge >= 0.3 is 0 Å². The van der Waals surface area contributed by atoms with E-state index in [4.69, 9.17) is 11.5 Å². The number of carbonyl (C=O) groups is 1. The second-order valence-electron chi connectivity index (χ2n) is 3.25. The van der Waals surface area contributed by atoms with E-state index in [1.165, 1.54) is 18.2 Å². The Morgan fingerprint density at radius 3 is 2.65 bits per heavy atom. The number of nitrogen functional groups attached to an aromatic ring is 1. The van der Waals surface area contributed by atoms with Gasteiger partial charge in [-0.2, -0.15) is 0 Å². The monoisotopic (exact) mass is 255 g/mol. The Balaban J connectivity index is 3.20. The molecule has 0 radical (unpaired) electrons. The molecule has 1 amide bonds. The second-order valence-corrected chi connectivity index (χ2v) is 5.02. The van der Waals surface area contributed by atoms with E-state index in [-0.39, 0.29) is 22.7 Å². The molecule has 0 bridgehead atoms. The second kappa shape index (κ2) is 4.98. The number of carbonyl (C=O) groups excluding carboxylic acids is 1. The molecule has 6 nitrogen and oxygen atoms in total. The maximum Gasteiger partial charge on any atom is 0.250 e. The summed E-state index contributed by atoms with van der Waals surface area (Å²) in [5.74, 6) is -0.775. The summed E-state index contributed by atoms with van der Waals surface area (Å²) in [4.78, 5) is 11.0. The van der Waals surface area contributed by atoms with Crippen LogP contribution in [0.1, 0.15) is 10.4 Å². The van der Waals surface area contributed by atoms with Crippen LogP contribution in [0.2, 0.25) is 0 Å². The van der Waals surface area contributed by atoms with Gasteiger partial charge in [-0.05, 0) is 18.2 Å². The molecule has 5 N–H and O–H groups in total. The third kappa shape index (κ3) is 3.05. The molecule has 0 saturated carbocycles. The molecule has 0 aliphatic carbocycles. The fourth-order valence-electron chi connectivity index (χ4n) is 1.17. The lowest BCUT2D eigenvalue weighted by atomic mass is 10.2. The summed E-state index contributed by atoms with van der Waals surface area (Å²) in [6.45, 7) is 3.49. The molecular weight excluding hydrogens is 242 g/mol. The van der Waals surface area contributed by atoms with Gasteiger partial charge in [0.1, 0.15) is 0 Å². The molecule has 0 fully saturated rings. The van der Waals surface area contributed by atoms with Crippen molar-refractivity contribution in [2.45, 2.75) is 4.90 Å². The molecule has 7 heteroatoms. The third-order valence-electron chi connectivity index (χ3n) is 2.02. The molecule has 0 saturated heterocycles. The first-order valence-corrected chi connectivity index (χ1v) is 6.16. The van der Waals surface area contributed by atoms with Gasteiger partial charge in [-0.15, -0.1) is 6.58 Å². The summed E-state index contributed by atoms with van der Waals surface area (Å²) in [6, 6.07) is 3.76. The Morgan fingerprint density at radius 2 is 2.12 bits per heavy atom. The van der Waals surface area contributed by atoms with Crippen molar-refractivity contribution < 1.29 is 13.2 Å². The first-order chi connectivity index (χ1) is 7.88. The van der Waals surface area contributed by atoms with Crippen molar-refractivity contribution in [3.05, 3.63) is 36.4 Å². The van der Waals surface area contributed by atoms with Crippen LogP contribution in [-0.4, -0.2) is 20.9 Å². The third-order valence-corrected chi connectivity index (χ3v) is 3.44. The largest absolute Gasteiger partial charge is 0.398 e. The summed E-state index contributed by atoms with van der Waals surface area (Å²) in [5.41, 5.74) is 10.7. The fourth-order valence-corrected chi connectivity index (χ4v) is 2.19. The van der Waals surface area contributed by atoms with Crippen LogP contribution in [0.4, 0.5) is 5.69 Å². The fraction of sp³-hybridized carbons (Fsp3) is 0.100. The Morgan fingerprint density at radius 1 is 1.47 bits per heavy atom. The number of hydrogen-bond acceptors (Lipinski definition) is 4. The highest BCUT2D eigenvalue weighted by Crippen LogP contribution is 2.17. The standard InChI is InChI=1S/C10H13N3O3S/c1-2-5-13-17(15,16)7-3-4-9(11)8(6-7)10(12)14/h2-4,6,13H,1,5,11H2,(H2,12,14). The number of nitrogens with two attached hydrogens (primary N) is 2. The van der Waals surface area contributed by atoms with Crippen molar-refractivity contribution in [2.75, 3.05) is 12.3 Å². The zero-order valence-electron chi connectivity index (χ0n) is 9.01. The van der Waals surface area contributed by atoms with E-state index in [9.17, 15) is 13.2 Å². The smallest absolute Gasteiger partial charge is 0.250 e. The quantitative estimate of drug-likeness (QED) is 0.500. The number of sulfonamides is 1. The molecule has 92 valence electrons. The number of nitrogens with one attached hydrogen (secondary N) is 1. The molecule has 17 heavy (non-hydrogen) atoms. The van der Waals surface area contributed by atoms with Crippen molar-refractivity contribution in [3.8, 4) is 0 Å². The highest BCUT2D eigenvalue weighted by atomic mass is 32.2. The van der Waals surface area contributed by atoms with Gasteiger partial charge < -0.3 is 11.5 Å². The van der Waals surface area contributed by atoms with Crippen molar-refractivity contribution in [3.63, 3.8) is 0 Å².